The minimum atomic E-state index is -3.89. The number of primary amides is 1. The standard InChI is InChI=1S/C46H69N12O16PS/c1-7-9-34(64)54-40-32(74-75(72,48-5)49-6)11-10-25-26-15-27-41(67)50-17-36(66)55-37(21(3)8-2)43(69)51-16-35(65)52-28(20-76(73)45(26)57-39(25)40)30(61)12-23(13-33(47)63)46(71)58-18-24(60)14-29(58)42(68)56-38(44(70)53-27)22(4)31(62)19-59/h10-11,21-24,27-29,31,37-38,57,59-60,62H,7-9,12-20H2,1-6H3,(H2,47,63)(H,50,67)(H,51,69)(H,52,65)(H,53,70)(H,54,64)(H,55,66)(H,56,68)(H2,48,49,72)/t21-,22?,23-,24+,27-,28-,29-,31?,37-,38-,76?/m0/s1. The molecular formula is C46H69N12O16PS. The van der Waals surface area contributed by atoms with E-state index in [9.17, 15) is 67.8 Å². The summed E-state index contributed by atoms with van der Waals surface area (Å²) in [6.45, 7) is 3.31. The first-order chi connectivity index (χ1) is 35.9. The zero-order valence-corrected chi connectivity index (χ0v) is 44.7. The summed E-state index contributed by atoms with van der Waals surface area (Å²) in [4.78, 5) is 144. The minimum absolute atomic E-state index is 0.0265. The van der Waals surface area contributed by atoms with Crippen LogP contribution in [0.4, 0.5) is 5.69 Å². The van der Waals surface area contributed by atoms with Crippen molar-refractivity contribution in [1.82, 2.24) is 52.0 Å². The van der Waals surface area contributed by atoms with E-state index in [1.54, 1.807) is 20.8 Å². The van der Waals surface area contributed by atoms with Crippen molar-refractivity contribution in [3.05, 3.63) is 17.7 Å². The number of H-pyrrole nitrogens is 1. The van der Waals surface area contributed by atoms with E-state index in [-0.39, 0.29) is 39.4 Å². The van der Waals surface area contributed by atoms with Crippen LogP contribution in [0.25, 0.3) is 10.9 Å². The molecule has 30 heteroatoms. The van der Waals surface area contributed by atoms with E-state index in [2.05, 4.69) is 52.4 Å². The van der Waals surface area contributed by atoms with Crippen molar-refractivity contribution >= 4 is 94.0 Å². The molecule has 3 unspecified atom stereocenters. The number of anilines is 1. The molecule has 0 spiro atoms. The summed E-state index contributed by atoms with van der Waals surface area (Å²) in [5.74, 6) is -14.3. The van der Waals surface area contributed by atoms with E-state index in [1.165, 1.54) is 33.2 Å². The predicted molar refractivity (Wildman–Crippen MR) is 272 cm³/mol. The maximum Gasteiger partial charge on any atom is 0.390 e. The number of aromatic nitrogens is 1. The van der Waals surface area contributed by atoms with Crippen LogP contribution in [0.3, 0.4) is 0 Å². The smallest absolute Gasteiger partial charge is 0.390 e. The van der Waals surface area contributed by atoms with Gasteiger partial charge in [0.15, 0.2) is 11.5 Å². The lowest BCUT2D eigenvalue weighted by Crippen LogP contribution is -2.61. The van der Waals surface area contributed by atoms with Gasteiger partial charge in [-0.25, -0.2) is 14.7 Å². The van der Waals surface area contributed by atoms with Crippen LogP contribution in [0.2, 0.25) is 0 Å². The lowest BCUT2D eigenvalue weighted by Gasteiger charge is -2.32. The topological polar surface area (TPSA) is 428 Å². The summed E-state index contributed by atoms with van der Waals surface area (Å²) >= 11 is 0. The van der Waals surface area contributed by atoms with Gasteiger partial charge in [-0.1, -0.05) is 34.1 Å². The average molecular weight is 1110 g/mol. The molecule has 420 valence electrons. The van der Waals surface area contributed by atoms with E-state index in [0.29, 0.717) is 12.8 Å². The second-order valence-electron chi connectivity index (χ2n) is 19.0. The number of rotatable bonds is 14. The monoisotopic (exact) mass is 1110 g/mol. The molecular weight excluding hydrogens is 1040 g/mol. The highest BCUT2D eigenvalue weighted by molar-refractivity contribution is 7.85. The summed E-state index contributed by atoms with van der Waals surface area (Å²) in [5, 5.41) is 54.3. The van der Waals surface area contributed by atoms with Crippen LogP contribution in [0, 0.1) is 17.8 Å². The van der Waals surface area contributed by atoms with Crippen molar-refractivity contribution in [3.63, 3.8) is 0 Å². The van der Waals surface area contributed by atoms with Gasteiger partial charge in [-0.15, -0.1) is 0 Å². The predicted octanol–water partition coefficient (Wildman–Crippen LogP) is -3.87. The summed E-state index contributed by atoms with van der Waals surface area (Å²) in [7, 11) is -3.75. The molecule has 5 rings (SSSR count). The number of ketones is 1. The number of Topliss-reactive ketones (excluding diaryl/α,β-unsaturated/α-hetero) is 1. The van der Waals surface area contributed by atoms with Gasteiger partial charge in [0.25, 0.3) is 0 Å². The number of nitrogens with two attached hydrogens (primary N) is 1. The maximum atomic E-state index is 15.2. The quantitative estimate of drug-likeness (QED) is 0.0805. The number of aromatic amines is 1. The lowest BCUT2D eigenvalue weighted by molar-refractivity contribution is -0.145. The first-order valence-corrected chi connectivity index (χ1v) is 27.7. The molecule has 2 aromatic rings. The molecule has 2 bridgehead atoms. The molecule has 3 aliphatic heterocycles. The van der Waals surface area contributed by atoms with Crippen LogP contribution in [-0.2, 0) is 69.7 Å². The molecule has 0 aliphatic carbocycles. The van der Waals surface area contributed by atoms with Crippen molar-refractivity contribution in [1.29, 1.82) is 0 Å². The Labute approximate surface area is 439 Å². The molecule has 1 aromatic heterocycles. The van der Waals surface area contributed by atoms with Crippen molar-refractivity contribution in [2.45, 2.75) is 120 Å². The van der Waals surface area contributed by atoms with Crippen molar-refractivity contribution < 1.29 is 76.6 Å². The third-order valence-corrected chi connectivity index (χ3v) is 16.6. The highest BCUT2D eigenvalue weighted by Crippen LogP contribution is 2.45. The number of aliphatic hydroxyl groups is 3. The Bertz CT molecular complexity index is 2650. The number of fused-ring (bicyclic) bond motifs is 5. The van der Waals surface area contributed by atoms with Crippen LogP contribution in [0.5, 0.6) is 5.75 Å². The van der Waals surface area contributed by atoms with Gasteiger partial charge in [0.1, 0.15) is 34.9 Å². The number of carbonyl (C=O) groups is 10. The molecule has 9 amide bonds. The molecule has 28 nitrogen and oxygen atoms in total. The molecule has 3 aliphatic rings. The average Bonchev–Trinajstić information content (AvgIpc) is 3.96. The molecule has 11 atom stereocenters. The lowest BCUT2D eigenvalue weighted by atomic mass is 9.93. The number of carbonyl (C=O) groups excluding carboxylic acids is 10. The highest BCUT2D eigenvalue weighted by atomic mass is 32.2. The van der Waals surface area contributed by atoms with Crippen LogP contribution in [0.1, 0.15) is 71.8 Å². The highest BCUT2D eigenvalue weighted by Gasteiger charge is 2.45. The van der Waals surface area contributed by atoms with Crippen LogP contribution >= 0.6 is 7.67 Å². The Morgan fingerprint density at radius 1 is 0.895 bits per heavy atom. The van der Waals surface area contributed by atoms with Crippen LogP contribution < -0.4 is 57.6 Å². The van der Waals surface area contributed by atoms with Crippen molar-refractivity contribution in [3.8, 4) is 5.75 Å². The Kier molecular flexibility index (Phi) is 21.2. The van der Waals surface area contributed by atoms with Gasteiger partial charge in [-0.3, -0.25) is 52.2 Å². The molecule has 0 radical (unpaired) electrons. The molecule has 1 fully saturated rings. The van der Waals surface area contributed by atoms with Crippen molar-refractivity contribution in [2.24, 2.45) is 23.5 Å². The second-order valence-corrected chi connectivity index (χ2v) is 22.6. The molecule has 15 N–H and O–H groups in total. The third-order valence-electron chi connectivity index (χ3n) is 13.5. The Morgan fingerprint density at radius 3 is 2.17 bits per heavy atom. The molecule has 1 saturated heterocycles. The maximum absolute atomic E-state index is 15.2. The van der Waals surface area contributed by atoms with E-state index in [1.807, 2.05) is 0 Å². The Balaban J connectivity index is 1.85. The number of hydrogen-bond donors (Lipinski definition) is 14. The number of nitrogens with zero attached hydrogens (tertiary/aromatic N) is 1. The van der Waals surface area contributed by atoms with Gasteiger partial charge in [0, 0.05) is 50.0 Å². The SMILES string of the molecule is CCCC(=O)Nc1c(OP(=O)(NC)NC)ccc2c3c([nH]c12)S(=O)C[C@@H]1NC(=O)CNC(=O)[C@H]([C@@H](C)CC)NC(=O)CNC(=O)[C@H](C3)NC(=O)[C@H](C(C)C(O)CO)NC(=O)[C@@H]2C[C@@H](O)CN2C(=O)[C@H](CC(N)=O)CC1=O. The normalized spacial score (nSPS) is 26.1. The first-order valence-electron chi connectivity index (χ1n) is 24.8. The summed E-state index contributed by atoms with van der Waals surface area (Å²) in [6.07, 6.45) is -5.16. The van der Waals surface area contributed by atoms with Crippen LogP contribution in [0.15, 0.2) is 17.2 Å². The van der Waals surface area contributed by atoms with Gasteiger partial charge in [0.05, 0.1) is 65.9 Å². The van der Waals surface area contributed by atoms with Gasteiger partial charge < -0.3 is 72.7 Å². The number of amides is 9. The number of hydrogen-bond acceptors (Lipinski definition) is 16. The van der Waals surface area contributed by atoms with Crippen molar-refractivity contribution in [2.75, 3.05) is 51.4 Å². The number of nitrogens with one attached hydrogen (secondary N) is 10. The fourth-order valence-corrected chi connectivity index (χ4v) is 11.3. The van der Waals surface area contributed by atoms with Gasteiger partial charge >= 0.3 is 7.67 Å². The molecule has 4 heterocycles. The summed E-state index contributed by atoms with van der Waals surface area (Å²) in [5.41, 5.74) is 5.34. The van der Waals surface area contributed by atoms with E-state index < -0.39 is 195 Å². The Hall–Kier alpha value is -6.36. The number of aliphatic hydroxyl groups excluding tert-OH is 3. The van der Waals surface area contributed by atoms with Gasteiger partial charge in [0.2, 0.25) is 53.2 Å². The van der Waals surface area contributed by atoms with E-state index in [4.69, 9.17) is 10.3 Å². The molecule has 0 saturated carbocycles. The van der Waals surface area contributed by atoms with E-state index in [0.717, 1.165) is 4.90 Å². The largest absolute Gasteiger partial charge is 0.420 e. The number of benzene rings is 1. The third kappa shape index (κ3) is 14.8. The molecule has 1 aromatic carbocycles. The summed E-state index contributed by atoms with van der Waals surface area (Å²) in [6, 6.07) is -5.67. The zero-order chi connectivity index (χ0) is 56.3. The van der Waals surface area contributed by atoms with Crippen LogP contribution in [-0.4, -0.2) is 177 Å². The second kappa shape index (κ2) is 26.6. The fraction of sp³-hybridized carbons (Fsp3) is 0.609. The van der Waals surface area contributed by atoms with Gasteiger partial charge in [-0.05, 0) is 44.1 Å². The minimum Gasteiger partial charge on any atom is -0.420 e. The van der Waals surface area contributed by atoms with E-state index >= 15 is 4.21 Å². The molecule has 76 heavy (non-hydrogen) atoms. The van der Waals surface area contributed by atoms with Gasteiger partial charge in [-0.2, -0.15) is 0 Å². The fourth-order valence-electron chi connectivity index (χ4n) is 9.00. The summed E-state index contributed by atoms with van der Waals surface area (Å²) < 4.78 is 34.7. The first kappa shape index (κ1) is 60.5. The zero-order valence-electron chi connectivity index (χ0n) is 42.9. The Morgan fingerprint density at radius 2 is 1.55 bits per heavy atom.